The topological polar surface area (TPSA) is 29.5 Å². The molecule has 1 aliphatic carbocycles. The van der Waals surface area contributed by atoms with Gasteiger partial charge >= 0.3 is 0 Å². The van der Waals surface area contributed by atoms with E-state index in [2.05, 4.69) is 20.8 Å². The summed E-state index contributed by atoms with van der Waals surface area (Å²) in [6, 6.07) is 0. The van der Waals surface area contributed by atoms with Crippen LogP contribution in [0.5, 0.6) is 0 Å². The molecule has 0 spiro atoms. The van der Waals surface area contributed by atoms with Crippen molar-refractivity contribution in [2.24, 2.45) is 17.3 Å². The first kappa shape index (κ1) is 17.5. The zero-order valence-electron chi connectivity index (χ0n) is 14.1. The smallest absolute Gasteiger partial charge is 0.225 e. The van der Waals surface area contributed by atoms with Gasteiger partial charge in [0.25, 0.3) is 0 Å². The van der Waals surface area contributed by atoms with E-state index in [1.807, 2.05) is 18.7 Å². The Bertz CT molecular complexity index is 282. The Morgan fingerprint density at radius 2 is 1.50 bits per heavy atom. The van der Waals surface area contributed by atoms with Gasteiger partial charge in [0.15, 0.2) is 0 Å². The second kappa shape index (κ2) is 8.02. The fraction of sp³-hybridized carbons (Fsp3) is 0.941. The first-order valence-corrected chi connectivity index (χ1v) is 8.35. The Morgan fingerprint density at radius 1 is 1.00 bits per heavy atom. The standard InChI is InChI=1S/C15H27NO2.C2H6/c1-15(2,3)13-6-4-12(5-7-13)14(17)16-8-10-18-11-9-16;1-2/h12-13H,4-11H2,1-3H3;1-2H3. The van der Waals surface area contributed by atoms with Crippen molar-refractivity contribution in [3.05, 3.63) is 0 Å². The molecule has 3 nitrogen and oxygen atoms in total. The van der Waals surface area contributed by atoms with Gasteiger partial charge in [0, 0.05) is 19.0 Å². The molecule has 0 unspecified atom stereocenters. The maximum absolute atomic E-state index is 12.4. The predicted octanol–water partition coefficient (Wildman–Crippen LogP) is 3.72. The first-order chi connectivity index (χ1) is 9.48. The molecule has 0 N–H and O–H groups in total. The van der Waals surface area contributed by atoms with Crippen molar-refractivity contribution in [3.63, 3.8) is 0 Å². The van der Waals surface area contributed by atoms with Crippen LogP contribution in [0.25, 0.3) is 0 Å². The van der Waals surface area contributed by atoms with Crippen molar-refractivity contribution in [2.45, 2.75) is 60.3 Å². The lowest BCUT2D eigenvalue weighted by atomic mass is 9.69. The highest BCUT2D eigenvalue weighted by Crippen LogP contribution is 2.40. The van der Waals surface area contributed by atoms with E-state index in [0.717, 1.165) is 31.8 Å². The number of hydrogen-bond acceptors (Lipinski definition) is 2. The predicted molar refractivity (Wildman–Crippen MR) is 83.7 cm³/mol. The number of rotatable bonds is 1. The monoisotopic (exact) mass is 283 g/mol. The van der Waals surface area contributed by atoms with Crippen LogP contribution in [-0.2, 0) is 9.53 Å². The molecule has 0 radical (unpaired) electrons. The Morgan fingerprint density at radius 3 is 1.95 bits per heavy atom. The second-order valence-electron chi connectivity index (χ2n) is 6.85. The summed E-state index contributed by atoms with van der Waals surface area (Å²) in [4.78, 5) is 14.4. The van der Waals surface area contributed by atoms with Crippen LogP contribution in [0.1, 0.15) is 60.3 Å². The third-order valence-electron chi connectivity index (χ3n) is 4.62. The summed E-state index contributed by atoms with van der Waals surface area (Å²) >= 11 is 0. The van der Waals surface area contributed by atoms with E-state index in [0.29, 0.717) is 24.5 Å². The van der Waals surface area contributed by atoms with Gasteiger partial charge in [0.2, 0.25) is 5.91 Å². The van der Waals surface area contributed by atoms with E-state index in [-0.39, 0.29) is 5.92 Å². The second-order valence-corrected chi connectivity index (χ2v) is 6.85. The number of morpholine rings is 1. The highest BCUT2D eigenvalue weighted by molar-refractivity contribution is 5.79. The quantitative estimate of drug-likeness (QED) is 0.734. The van der Waals surface area contributed by atoms with Gasteiger partial charge in [-0.3, -0.25) is 4.79 Å². The SMILES string of the molecule is CC.CC(C)(C)C1CCC(C(=O)N2CCOCC2)CC1. The van der Waals surface area contributed by atoms with Crippen LogP contribution in [-0.4, -0.2) is 37.1 Å². The molecule has 118 valence electrons. The third-order valence-corrected chi connectivity index (χ3v) is 4.62. The van der Waals surface area contributed by atoms with E-state index >= 15 is 0 Å². The lowest BCUT2D eigenvalue weighted by Crippen LogP contribution is -2.44. The van der Waals surface area contributed by atoms with E-state index < -0.39 is 0 Å². The van der Waals surface area contributed by atoms with Crippen LogP contribution in [0.15, 0.2) is 0 Å². The number of carbonyl (C=O) groups excluding carboxylic acids is 1. The van der Waals surface area contributed by atoms with Crippen molar-refractivity contribution in [2.75, 3.05) is 26.3 Å². The van der Waals surface area contributed by atoms with Gasteiger partial charge in [-0.2, -0.15) is 0 Å². The van der Waals surface area contributed by atoms with Crippen molar-refractivity contribution >= 4 is 5.91 Å². The minimum atomic E-state index is 0.279. The molecule has 0 atom stereocenters. The summed E-state index contributed by atoms with van der Waals surface area (Å²) in [5.74, 6) is 1.44. The van der Waals surface area contributed by atoms with Gasteiger partial charge in [-0.1, -0.05) is 34.6 Å². The van der Waals surface area contributed by atoms with Gasteiger partial charge in [-0.15, -0.1) is 0 Å². The fourth-order valence-electron chi connectivity index (χ4n) is 3.25. The lowest BCUT2D eigenvalue weighted by Gasteiger charge is -2.38. The molecule has 0 bridgehead atoms. The molecule has 0 aromatic heterocycles. The zero-order valence-corrected chi connectivity index (χ0v) is 14.1. The Hall–Kier alpha value is -0.570. The van der Waals surface area contributed by atoms with Crippen molar-refractivity contribution < 1.29 is 9.53 Å². The Balaban J connectivity index is 0.000000956. The third kappa shape index (κ3) is 4.76. The molecule has 2 aliphatic rings. The van der Waals surface area contributed by atoms with Crippen LogP contribution in [0.4, 0.5) is 0 Å². The minimum Gasteiger partial charge on any atom is -0.378 e. The van der Waals surface area contributed by atoms with Gasteiger partial charge in [-0.05, 0) is 37.0 Å². The Labute approximate surface area is 125 Å². The van der Waals surface area contributed by atoms with E-state index in [4.69, 9.17) is 4.74 Å². The zero-order chi connectivity index (χ0) is 15.2. The number of ether oxygens (including phenoxy) is 1. The number of carbonyl (C=O) groups is 1. The summed E-state index contributed by atoms with van der Waals surface area (Å²) in [6.07, 6.45) is 4.59. The van der Waals surface area contributed by atoms with Crippen LogP contribution < -0.4 is 0 Å². The van der Waals surface area contributed by atoms with Crippen molar-refractivity contribution in [1.29, 1.82) is 0 Å². The maximum atomic E-state index is 12.4. The average Bonchev–Trinajstić information content (AvgIpc) is 2.49. The molecule has 0 aromatic carbocycles. The summed E-state index contributed by atoms with van der Waals surface area (Å²) < 4.78 is 5.31. The first-order valence-electron chi connectivity index (χ1n) is 8.35. The molecule has 20 heavy (non-hydrogen) atoms. The molecule has 3 heteroatoms. The van der Waals surface area contributed by atoms with E-state index in [9.17, 15) is 4.79 Å². The lowest BCUT2D eigenvalue weighted by molar-refractivity contribution is -0.141. The molecule has 1 heterocycles. The highest BCUT2D eigenvalue weighted by Gasteiger charge is 2.34. The van der Waals surface area contributed by atoms with Crippen LogP contribution >= 0.6 is 0 Å². The summed E-state index contributed by atoms with van der Waals surface area (Å²) in [7, 11) is 0. The van der Waals surface area contributed by atoms with Gasteiger partial charge in [-0.25, -0.2) is 0 Å². The fourth-order valence-corrected chi connectivity index (χ4v) is 3.25. The van der Waals surface area contributed by atoms with Gasteiger partial charge in [0.05, 0.1) is 13.2 Å². The maximum Gasteiger partial charge on any atom is 0.225 e. The molecule has 1 saturated carbocycles. The number of nitrogens with zero attached hydrogens (tertiary/aromatic N) is 1. The van der Waals surface area contributed by atoms with Crippen LogP contribution in [0, 0.1) is 17.3 Å². The van der Waals surface area contributed by atoms with E-state index in [1.54, 1.807) is 0 Å². The molecular formula is C17H33NO2. The average molecular weight is 283 g/mol. The molecule has 0 aromatic rings. The minimum absolute atomic E-state index is 0.279. The number of hydrogen-bond donors (Lipinski definition) is 0. The largest absolute Gasteiger partial charge is 0.378 e. The van der Waals surface area contributed by atoms with Crippen molar-refractivity contribution in [3.8, 4) is 0 Å². The molecule has 1 saturated heterocycles. The van der Waals surface area contributed by atoms with Gasteiger partial charge < -0.3 is 9.64 Å². The highest BCUT2D eigenvalue weighted by atomic mass is 16.5. The Kier molecular flexibility index (Phi) is 7.01. The summed E-state index contributed by atoms with van der Waals surface area (Å²) in [5, 5.41) is 0. The van der Waals surface area contributed by atoms with E-state index in [1.165, 1.54) is 12.8 Å². The van der Waals surface area contributed by atoms with Crippen LogP contribution in [0.2, 0.25) is 0 Å². The number of amides is 1. The molecular weight excluding hydrogens is 250 g/mol. The summed E-state index contributed by atoms with van der Waals surface area (Å²) in [5.41, 5.74) is 0.396. The molecule has 1 amide bonds. The van der Waals surface area contributed by atoms with Gasteiger partial charge in [0.1, 0.15) is 0 Å². The molecule has 1 aliphatic heterocycles. The summed E-state index contributed by atoms with van der Waals surface area (Å²) in [6.45, 7) is 14.0. The van der Waals surface area contributed by atoms with Crippen molar-refractivity contribution in [1.82, 2.24) is 4.90 Å². The molecule has 2 fully saturated rings. The normalized spacial score (nSPS) is 27.6. The molecule has 2 rings (SSSR count). The van der Waals surface area contributed by atoms with Crippen LogP contribution in [0.3, 0.4) is 0 Å².